The Morgan fingerprint density at radius 3 is 2.31 bits per heavy atom. The van der Waals surface area contributed by atoms with Crippen LogP contribution >= 0.6 is 0 Å². The fourth-order valence-electron chi connectivity index (χ4n) is 4.74. The standard InChI is InChI=1S/C20H31N5O/c1-11(2)24-19(26)25(12(3)4)23-18(22-24)17-8-13-7-14-9-16(20(14,5)6)15(13)10-21-17/h8,10-12,14,16,18,22-23H,7,9H2,1-6H3/t14-,16-/m0/s1. The van der Waals surface area contributed by atoms with Crippen molar-refractivity contribution in [3.05, 3.63) is 29.1 Å². The van der Waals surface area contributed by atoms with E-state index in [0.29, 0.717) is 11.3 Å². The first kappa shape index (κ1) is 17.7. The molecule has 6 heteroatoms. The molecule has 142 valence electrons. The van der Waals surface area contributed by atoms with Gasteiger partial charge < -0.3 is 0 Å². The summed E-state index contributed by atoms with van der Waals surface area (Å²) in [7, 11) is 0. The molecule has 2 N–H and O–H groups in total. The topological polar surface area (TPSA) is 60.5 Å². The number of hydrogen-bond acceptors (Lipinski definition) is 4. The number of carbonyl (C=O) groups is 1. The highest BCUT2D eigenvalue weighted by Crippen LogP contribution is 2.62. The molecule has 6 nitrogen and oxygen atoms in total. The minimum absolute atomic E-state index is 0.0489. The molecule has 5 rings (SSSR count). The van der Waals surface area contributed by atoms with Gasteiger partial charge in [0.25, 0.3) is 0 Å². The zero-order chi connectivity index (χ0) is 18.8. The molecular weight excluding hydrogens is 326 g/mol. The van der Waals surface area contributed by atoms with Gasteiger partial charge in [-0.15, -0.1) is 0 Å². The van der Waals surface area contributed by atoms with Crippen LogP contribution in [0.5, 0.6) is 0 Å². The molecule has 2 atom stereocenters. The average Bonchev–Trinajstić information content (AvgIpc) is 2.60. The van der Waals surface area contributed by atoms with Crippen molar-refractivity contribution >= 4 is 6.03 Å². The number of amides is 2. The molecule has 1 aromatic rings. The van der Waals surface area contributed by atoms with Crippen LogP contribution in [0.4, 0.5) is 4.79 Å². The third-order valence-corrected chi connectivity index (χ3v) is 6.63. The highest BCUT2D eigenvalue weighted by atomic mass is 16.2. The first-order valence-corrected chi connectivity index (χ1v) is 9.83. The lowest BCUT2D eigenvalue weighted by Crippen LogP contribution is -2.68. The predicted molar refractivity (Wildman–Crippen MR) is 101 cm³/mol. The number of urea groups is 1. The maximum Gasteiger partial charge on any atom is 0.349 e. The molecule has 1 aromatic heterocycles. The summed E-state index contributed by atoms with van der Waals surface area (Å²) in [6.07, 6.45) is 4.32. The van der Waals surface area contributed by atoms with Gasteiger partial charge in [-0.25, -0.2) is 15.6 Å². The average molecular weight is 358 g/mol. The number of pyridine rings is 1. The minimum atomic E-state index is -0.200. The highest BCUT2D eigenvalue weighted by Gasteiger charge is 2.52. The number of hydrazine groups is 2. The van der Waals surface area contributed by atoms with Crippen LogP contribution in [0.2, 0.25) is 0 Å². The molecule has 3 aliphatic carbocycles. The van der Waals surface area contributed by atoms with E-state index in [9.17, 15) is 4.79 Å². The molecule has 2 fully saturated rings. The predicted octanol–water partition coefficient (Wildman–Crippen LogP) is 3.33. The maximum absolute atomic E-state index is 12.6. The van der Waals surface area contributed by atoms with Gasteiger partial charge in [0.2, 0.25) is 0 Å². The molecule has 2 amide bonds. The normalized spacial score (nSPS) is 27.8. The van der Waals surface area contributed by atoms with E-state index in [1.807, 2.05) is 27.7 Å². The summed E-state index contributed by atoms with van der Waals surface area (Å²) in [6.45, 7) is 12.8. The fourth-order valence-corrected chi connectivity index (χ4v) is 4.74. The summed E-state index contributed by atoms with van der Waals surface area (Å²) < 4.78 is 0. The summed E-state index contributed by atoms with van der Waals surface area (Å²) in [5.41, 5.74) is 10.9. The highest BCUT2D eigenvalue weighted by molar-refractivity contribution is 5.74. The van der Waals surface area contributed by atoms with E-state index in [4.69, 9.17) is 4.98 Å². The zero-order valence-electron chi connectivity index (χ0n) is 16.7. The fraction of sp³-hybridized carbons (Fsp3) is 0.700. The van der Waals surface area contributed by atoms with Crippen molar-refractivity contribution in [1.29, 1.82) is 0 Å². The summed E-state index contributed by atoms with van der Waals surface area (Å²) in [6, 6.07) is 2.33. The van der Waals surface area contributed by atoms with Crippen molar-refractivity contribution in [2.75, 3.05) is 0 Å². The van der Waals surface area contributed by atoms with E-state index < -0.39 is 0 Å². The van der Waals surface area contributed by atoms with E-state index in [0.717, 1.165) is 18.0 Å². The Labute approximate surface area is 156 Å². The number of rotatable bonds is 3. The van der Waals surface area contributed by atoms with E-state index in [1.54, 1.807) is 10.0 Å². The third kappa shape index (κ3) is 2.54. The molecule has 0 aromatic carbocycles. The Morgan fingerprint density at radius 2 is 1.77 bits per heavy atom. The molecule has 1 saturated heterocycles. The second-order valence-corrected chi connectivity index (χ2v) is 9.22. The Balaban J connectivity index is 1.62. The molecule has 2 heterocycles. The molecule has 0 radical (unpaired) electrons. The summed E-state index contributed by atoms with van der Waals surface area (Å²) in [5.74, 6) is 1.43. The van der Waals surface area contributed by atoms with Crippen LogP contribution in [0.3, 0.4) is 0 Å². The lowest BCUT2D eigenvalue weighted by Gasteiger charge is -2.57. The lowest BCUT2D eigenvalue weighted by molar-refractivity contribution is 0.00195. The Morgan fingerprint density at radius 1 is 1.15 bits per heavy atom. The quantitative estimate of drug-likeness (QED) is 0.871. The molecule has 26 heavy (non-hydrogen) atoms. The van der Waals surface area contributed by atoms with Crippen molar-refractivity contribution in [3.8, 4) is 0 Å². The van der Waals surface area contributed by atoms with E-state index in [1.165, 1.54) is 17.5 Å². The van der Waals surface area contributed by atoms with E-state index in [2.05, 4.69) is 37.0 Å². The first-order chi connectivity index (χ1) is 12.2. The number of hydrogen-bond donors (Lipinski definition) is 2. The van der Waals surface area contributed by atoms with Crippen molar-refractivity contribution in [3.63, 3.8) is 0 Å². The van der Waals surface area contributed by atoms with Gasteiger partial charge in [-0.05, 0) is 75.0 Å². The third-order valence-electron chi connectivity index (χ3n) is 6.63. The van der Waals surface area contributed by atoms with E-state index >= 15 is 0 Å². The van der Waals surface area contributed by atoms with Gasteiger partial charge in [0.1, 0.15) is 6.17 Å². The van der Waals surface area contributed by atoms with Crippen molar-refractivity contribution in [2.45, 2.75) is 78.6 Å². The van der Waals surface area contributed by atoms with E-state index in [-0.39, 0.29) is 24.3 Å². The second kappa shape index (κ2) is 5.92. The number of nitrogens with one attached hydrogen (secondary N) is 2. The second-order valence-electron chi connectivity index (χ2n) is 9.22. The molecule has 0 spiro atoms. The van der Waals surface area contributed by atoms with Crippen LogP contribution in [-0.2, 0) is 6.42 Å². The van der Waals surface area contributed by atoms with Crippen LogP contribution < -0.4 is 10.9 Å². The molecule has 0 unspecified atom stereocenters. The van der Waals surface area contributed by atoms with Gasteiger partial charge in [0.05, 0.1) is 5.69 Å². The monoisotopic (exact) mass is 357 g/mol. The van der Waals surface area contributed by atoms with Crippen molar-refractivity contribution in [1.82, 2.24) is 25.9 Å². The van der Waals surface area contributed by atoms with Crippen LogP contribution in [-0.4, -0.2) is 33.1 Å². The van der Waals surface area contributed by atoms with Crippen LogP contribution in [0.15, 0.2) is 12.3 Å². The number of carbonyl (C=O) groups excluding carboxylic acids is 1. The summed E-state index contributed by atoms with van der Waals surface area (Å²) in [4.78, 5) is 17.4. The lowest BCUT2D eigenvalue weighted by atomic mass is 9.47. The number of nitrogens with zero attached hydrogens (tertiary/aromatic N) is 3. The van der Waals surface area contributed by atoms with Gasteiger partial charge in [0, 0.05) is 18.3 Å². The van der Waals surface area contributed by atoms with Crippen LogP contribution in [0.25, 0.3) is 0 Å². The van der Waals surface area contributed by atoms with Gasteiger partial charge in [-0.3, -0.25) is 15.0 Å². The molecule has 2 bridgehead atoms. The molecule has 4 aliphatic rings. The Hall–Kier alpha value is -1.66. The first-order valence-electron chi connectivity index (χ1n) is 9.83. The molecule has 1 aliphatic heterocycles. The minimum Gasteiger partial charge on any atom is -0.258 e. The van der Waals surface area contributed by atoms with Gasteiger partial charge in [-0.1, -0.05) is 13.8 Å². The smallest absolute Gasteiger partial charge is 0.258 e. The van der Waals surface area contributed by atoms with Crippen LogP contribution in [0.1, 0.15) is 76.9 Å². The van der Waals surface area contributed by atoms with Crippen molar-refractivity contribution < 1.29 is 4.79 Å². The molecular formula is C20H31N5O. The SMILES string of the molecule is CC(C)N1NC(c2cc3c(cn2)[C@@H]2C[C@H](C3)C2(C)C)NN(C(C)C)C1=O. The Kier molecular flexibility index (Phi) is 4.04. The number of aromatic nitrogens is 1. The van der Waals surface area contributed by atoms with Crippen molar-refractivity contribution in [2.24, 2.45) is 11.3 Å². The van der Waals surface area contributed by atoms with Gasteiger partial charge in [0.15, 0.2) is 0 Å². The van der Waals surface area contributed by atoms with Gasteiger partial charge in [-0.2, -0.15) is 0 Å². The molecule has 1 saturated carbocycles. The maximum atomic E-state index is 12.6. The summed E-state index contributed by atoms with van der Waals surface area (Å²) in [5, 5.41) is 3.39. The van der Waals surface area contributed by atoms with Gasteiger partial charge >= 0.3 is 6.03 Å². The van der Waals surface area contributed by atoms with Crippen LogP contribution in [0, 0.1) is 11.3 Å². The largest absolute Gasteiger partial charge is 0.349 e. The Bertz CT molecular complexity index is 709. The zero-order valence-corrected chi connectivity index (χ0v) is 16.7. The summed E-state index contributed by atoms with van der Waals surface area (Å²) >= 11 is 0.